The minimum Gasteiger partial charge on any atom is -0.439 e. The average molecular weight is 233 g/mol. The van der Waals surface area contributed by atoms with Gasteiger partial charge in [0.1, 0.15) is 0 Å². The summed E-state index contributed by atoms with van der Waals surface area (Å²) in [5, 5.41) is 11.6. The Balaban J connectivity index is 1.77. The monoisotopic (exact) mass is 233 g/mol. The van der Waals surface area contributed by atoms with Gasteiger partial charge in [-0.15, -0.1) is 0 Å². The molecule has 1 unspecified atom stereocenters. The van der Waals surface area contributed by atoms with Crippen molar-refractivity contribution in [2.45, 2.75) is 18.9 Å². The lowest BCUT2D eigenvalue weighted by Gasteiger charge is -2.29. The summed E-state index contributed by atoms with van der Waals surface area (Å²) in [5.74, 6) is 0.619. The Morgan fingerprint density at radius 2 is 2.00 bits per heavy atom. The molecule has 1 atom stereocenters. The molecule has 1 aromatic rings. The van der Waals surface area contributed by atoms with Gasteiger partial charge in [-0.05, 0) is 25.0 Å². The van der Waals surface area contributed by atoms with Crippen LogP contribution in [0.2, 0.25) is 0 Å². The van der Waals surface area contributed by atoms with Crippen LogP contribution in [0.4, 0.5) is 5.69 Å². The van der Waals surface area contributed by atoms with E-state index in [9.17, 15) is 0 Å². The van der Waals surface area contributed by atoms with Gasteiger partial charge in [-0.25, -0.2) is 0 Å². The molecule has 1 aliphatic carbocycles. The van der Waals surface area contributed by atoms with Gasteiger partial charge in [0, 0.05) is 43.3 Å². The molecule has 17 heavy (non-hydrogen) atoms. The lowest BCUT2D eigenvalue weighted by Crippen LogP contribution is -2.43. The van der Waals surface area contributed by atoms with Gasteiger partial charge in [-0.3, -0.25) is 0 Å². The Kier molecular flexibility index (Phi) is 3.04. The van der Waals surface area contributed by atoms with E-state index in [-0.39, 0.29) is 6.10 Å². The maximum atomic E-state index is 8.21. The van der Waals surface area contributed by atoms with Gasteiger partial charge in [0.2, 0.25) is 0 Å². The first-order valence-electron chi connectivity index (χ1n) is 6.61. The van der Waals surface area contributed by atoms with Crippen molar-refractivity contribution in [3.8, 4) is 0 Å². The van der Waals surface area contributed by atoms with E-state index in [1.165, 1.54) is 24.1 Å². The van der Waals surface area contributed by atoms with Gasteiger partial charge in [0.05, 0.1) is 0 Å². The molecular formula is C14H21N2O+. The summed E-state index contributed by atoms with van der Waals surface area (Å²) in [4.78, 5) is 2.42. The minimum absolute atomic E-state index is 0.00198. The van der Waals surface area contributed by atoms with Crippen molar-refractivity contribution >= 4 is 5.69 Å². The second-order valence-electron chi connectivity index (χ2n) is 5.15. The number of benzene rings is 1. The Hall–Kier alpha value is -1.06. The average Bonchev–Trinajstić information content (AvgIpc) is 3.23. The smallest absolute Gasteiger partial charge is 0.182 e. The molecule has 2 fully saturated rings. The van der Waals surface area contributed by atoms with E-state index in [4.69, 9.17) is 5.11 Å². The van der Waals surface area contributed by atoms with Gasteiger partial charge >= 0.3 is 0 Å². The molecule has 0 aromatic heterocycles. The van der Waals surface area contributed by atoms with Crippen LogP contribution in [0.3, 0.4) is 0 Å². The summed E-state index contributed by atoms with van der Waals surface area (Å²) in [6.07, 6.45) is 2.48. The van der Waals surface area contributed by atoms with Crippen molar-refractivity contribution in [2.75, 3.05) is 31.1 Å². The molecule has 92 valence electrons. The van der Waals surface area contributed by atoms with Crippen molar-refractivity contribution in [1.29, 1.82) is 0 Å². The van der Waals surface area contributed by atoms with Crippen LogP contribution in [0, 0.1) is 5.92 Å². The van der Waals surface area contributed by atoms with Gasteiger partial charge in [0.15, 0.2) is 6.10 Å². The van der Waals surface area contributed by atoms with Gasteiger partial charge in [-0.1, -0.05) is 12.1 Å². The van der Waals surface area contributed by atoms with Gasteiger partial charge in [-0.2, -0.15) is 0 Å². The number of anilines is 1. The highest BCUT2D eigenvalue weighted by Gasteiger charge is 2.34. The predicted octanol–water partition coefficient (Wildman–Crippen LogP) is 1.27. The molecule has 0 bridgehead atoms. The summed E-state index contributed by atoms with van der Waals surface area (Å²) in [6.45, 7) is 4.29. The molecule has 2 aliphatic rings. The van der Waals surface area contributed by atoms with Crippen LogP contribution in [0.5, 0.6) is 0 Å². The quantitative estimate of drug-likeness (QED) is 0.799. The minimum atomic E-state index is -0.00198. The predicted molar refractivity (Wildman–Crippen MR) is 70.6 cm³/mol. The molecule has 3 rings (SSSR count). The summed E-state index contributed by atoms with van der Waals surface area (Å²) >= 11 is 0. The molecule has 0 spiro atoms. The number of rotatable bonds is 3. The molecular weight excluding hydrogens is 212 g/mol. The standard InChI is InChI=1S/C14H20N2O/c17-14(11-4-5-11)12-2-1-3-13(10-12)16-8-6-15-7-9-16/h1-3,10-11,14-15,17H,4-9H2/p+1. The summed E-state index contributed by atoms with van der Waals surface area (Å²) in [6, 6.07) is 8.62. The van der Waals surface area contributed by atoms with E-state index in [0.717, 1.165) is 26.2 Å². The Morgan fingerprint density at radius 3 is 2.71 bits per heavy atom. The third-order valence-electron chi connectivity index (χ3n) is 3.80. The molecule has 1 aromatic carbocycles. The summed E-state index contributed by atoms with van der Waals surface area (Å²) in [5.41, 5.74) is 2.49. The highest BCUT2D eigenvalue weighted by molar-refractivity contribution is 5.49. The normalized spacial score (nSPS) is 22.5. The van der Waals surface area contributed by atoms with Crippen LogP contribution in [-0.2, 0) is 0 Å². The largest absolute Gasteiger partial charge is 0.439 e. The van der Waals surface area contributed by atoms with Crippen molar-refractivity contribution < 1.29 is 5.11 Å². The fourth-order valence-corrected chi connectivity index (χ4v) is 2.54. The lowest BCUT2D eigenvalue weighted by atomic mass is 10.0. The SMILES string of the molecule is [OH2+]C(c1cccc(N2CCNCC2)c1)C1CC1. The van der Waals surface area contributed by atoms with Crippen molar-refractivity contribution in [3.05, 3.63) is 29.8 Å². The first-order valence-corrected chi connectivity index (χ1v) is 6.61. The highest BCUT2D eigenvalue weighted by atomic mass is 16.3. The fourth-order valence-electron chi connectivity index (χ4n) is 2.54. The summed E-state index contributed by atoms with van der Waals surface area (Å²) < 4.78 is 0. The number of hydrogen-bond donors (Lipinski definition) is 1. The zero-order valence-electron chi connectivity index (χ0n) is 10.2. The van der Waals surface area contributed by atoms with Crippen LogP contribution in [-0.4, -0.2) is 31.3 Å². The third-order valence-corrected chi connectivity index (χ3v) is 3.80. The second-order valence-corrected chi connectivity index (χ2v) is 5.15. The van der Waals surface area contributed by atoms with Crippen LogP contribution in [0.1, 0.15) is 24.5 Å². The molecule has 3 heteroatoms. The number of nitrogens with zero attached hydrogens (tertiary/aromatic N) is 1. The highest BCUT2D eigenvalue weighted by Crippen LogP contribution is 2.41. The molecule has 1 aliphatic heterocycles. The number of hydrogen-bond acceptors (Lipinski definition) is 2. The lowest BCUT2D eigenvalue weighted by molar-refractivity contribution is 0.154. The number of piperazine rings is 1. The fraction of sp³-hybridized carbons (Fsp3) is 0.571. The molecule has 3 N–H and O–H groups in total. The van der Waals surface area contributed by atoms with Gasteiger partial charge < -0.3 is 15.3 Å². The first kappa shape index (κ1) is 11.1. The van der Waals surface area contributed by atoms with Crippen molar-refractivity contribution in [3.63, 3.8) is 0 Å². The Morgan fingerprint density at radius 1 is 1.24 bits per heavy atom. The Bertz CT molecular complexity index is 384. The van der Waals surface area contributed by atoms with Crippen molar-refractivity contribution in [1.82, 2.24) is 5.32 Å². The van der Waals surface area contributed by atoms with Crippen LogP contribution in [0.25, 0.3) is 0 Å². The summed E-state index contributed by atoms with van der Waals surface area (Å²) in [7, 11) is 0. The van der Waals surface area contributed by atoms with Crippen LogP contribution < -0.4 is 10.2 Å². The maximum Gasteiger partial charge on any atom is 0.182 e. The van der Waals surface area contributed by atoms with Crippen LogP contribution >= 0.6 is 0 Å². The van der Waals surface area contributed by atoms with E-state index >= 15 is 0 Å². The zero-order valence-corrected chi connectivity index (χ0v) is 10.2. The molecule has 1 heterocycles. The molecule has 1 saturated carbocycles. The number of nitrogens with one attached hydrogen (secondary N) is 1. The van der Waals surface area contributed by atoms with E-state index in [1.54, 1.807) is 0 Å². The van der Waals surface area contributed by atoms with Gasteiger partial charge in [0.25, 0.3) is 0 Å². The van der Waals surface area contributed by atoms with E-state index < -0.39 is 0 Å². The second kappa shape index (κ2) is 4.67. The molecule has 1 saturated heterocycles. The maximum absolute atomic E-state index is 8.21. The topological polar surface area (TPSA) is 38.2 Å². The van der Waals surface area contributed by atoms with Crippen molar-refractivity contribution in [2.24, 2.45) is 5.92 Å². The molecule has 0 amide bonds. The van der Waals surface area contributed by atoms with E-state index in [0.29, 0.717) is 5.92 Å². The van der Waals surface area contributed by atoms with E-state index in [2.05, 4.69) is 34.5 Å². The molecule has 0 radical (unpaired) electrons. The molecule has 3 nitrogen and oxygen atoms in total. The van der Waals surface area contributed by atoms with E-state index in [1.807, 2.05) is 0 Å². The Labute approximate surface area is 102 Å². The zero-order chi connectivity index (χ0) is 11.7. The van der Waals surface area contributed by atoms with Crippen LogP contribution in [0.15, 0.2) is 24.3 Å². The first-order chi connectivity index (χ1) is 8.34. The third kappa shape index (κ3) is 2.45.